The number of hydrogen-bond donors (Lipinski definition) is 2. The number of benzene rings is 1. The molecule has 0 aromatic heterocycles. The normalized spacial score (nSPS) is 9.00. The third-order valence-corrected chi connectivity index (χ3v) is 1.62. The Bertz CT molecular complexity index is 446. The van der Waals surface area contributed by atoms with Crippen molar-refractivity contribution in [2.24, 2.45) is 0 Å². The lowest BCUT2D eigenvalue weighted by Gasteiger charge is -2.03. The van der Waals surface area contributed by atoms with Crippen LogP contribution in [0.5, 0.6) is 11.5 Å². The minimum absolute atomic E-state index is 0.0278. The van der Waals surface area contributed by atoms with Crippen LogP contribution in [0.2, 0.25) is 0 Å². The summed E-state index contributed by atoms with van der Waals surface area (Å²) in [5, 5.41) is 25.0. The number of methoxy groups -OCH3 is 1. The van der Waals surface area contributed by atoms with E-state index >= 15 is 0 Å². The van der Waals surface area contributed by atoms with Crippen molar-refractivity contribution in [1.29, 1.82) is 5.26 Å². The number of phenols is 1. The number of aliphatic carboxylic acids is 1. The number of ether oxygens (including phenoxy) is 1. The molecule has 0 bridgehead atoms. The minimum atomic E-state index is -1.02. The summed E-state index contributed by atoms with van der Waals surface area (Å²) in [6.07, 6.45) is 2.44. The Balaban J connectivity index is 0.000000770. The molecule has 0 unspecified atom stereocenters. The Morgan fingerprint density at radius 2 is 2.12 bits per heavy atom. The molecule has 5 heteroatoms. The molecule has 0 radical (unpaired) electrons. The molecule has 0 aliphatic rings. The van der Waals surface area contributed by atoms with Gasteiger partial charge in [0.1, 0.15) is 0 Å². The van der Waals surface area contributed by atoms with E-state index in [0.29, 0.717) is 11.3 Å². The summed E-state index contributed by atoms with van der Waals surface area (Å²) >= 11 is 0. The summed E-state index contributed by atoms with van der Waals surface area (Å²) in [6, 6.07) is 6.34. The Morgan fingerprint density at radius 1 is 1.53 bits per heavy atom. The number of hydrogen-bond acceptors (Lipinski definition) is 4. The molecule has 17 heavy (non-hydrogen) atoms. The zero-order chi connectivity index (χ0) is 13.3. The maximum atomic E-state index is 10.2. The van der Waals surface area contributed by atoms with Gasteiger partial charge in [-0.05, 0) is 23.8 Å². The largest absolute Gasteiger partial charge is 0.504 e. The summed E-state index contributed by atoms with van der Waals surface area (Å²) in [5.41, 5.74) is 0.655. The highest BCUT2D eigenvalue weighted by atomic mass is 16.5. The van der Waals surface area contributed by atoms with Crippen LogP contribution in [-0.2, 0) is 4.79 Å². The topological polar surface area (TPSA) is 90.5 Å². The summed E-state index contributed by atoms with van der Waals surface area (Å²) in [6.45, 7) is 1.43. The smallest absolute Gasteiger partial charge is 0.328 e. The Kier molecular flexibility index (Phi) is 6.63. The molecule has 0 aliphatic heterocycles. The number of phenolic OH excluding ortho intramolecular Hbond substituents is 1. The highest BCUT2D eigenvalue weighted by Crippen LogP contribution is 2.26. The highest BCUT2D eigenvalue weighted by Gasteiger charge is 2.00. The van der Waals surface area contributed by atoms with Crippen LogP contribution in [0.25, 0.3) is 6.08 Å². The number of nitriles is 1. The van der Waals surface area contributed by atoms with E-state index in [0.717, 1.165) is 6.08 Å². The van der Waals surface area contributed by atoms with Crippen LogP contribution in [-0.4, -0.2) is 23.3 Å². The van der Waals surface area contributed by atoms with E-state index in [2.05, 4.69) is 0 Å². The molecule has 1 aromatic rings. The molecule has 0 atom stereocenters. The molecular formula is C12H13NO4. The molecule has 90 valence electrons. The second-order valence-electron chi connectivity index (χ2n) is 2.83. The van der Waals surface area contributed by atoms with Crippen molar-refractivity contribution in [3.8, 4) is 17.6 Å². The molecule has 0 saturated heterocycles. The van der Waals surface area contributed by atoms with E-state index in [1.54, 1.807) is 18.2 Å². The molecule has 0 heterocycles. The molecule has 2 N–H and O–H groups in total. The van der Waals surface area contributed by atoms with E-state index in [9.17, 15) is 9.90 Å². The molecule has 0 fully saturated rings. The first kappa shape index (κ1) is 14.5. The van der Waals surface area contributed by atoms with Crippen molar-refractivity contribution in [2.45, 2.75) is 6.92 Å². The first-order valence-corrected chi connectivity index (χ1v) is 4.64. The zero-order valence-electron chi connectivity index (χ0n) is 9.54. The number of carboxylic acid groups (broad SMARTS) is 1. The van der Waals surface area contributed by atoms with Crippen molar-refractivity contribution in [2.75, 3.05) is 7.11 Å². The summed E-state index contributed by atoms with van der Waals surface area (Å²) in [5.74, 6) is -0.672. The van der Waals surface area contributed by atoms with Crippen LogP contribution in [0.3, 0.4) is 0 Å². The van der Waals surface area contributed by atoms with Gasteiger partial charge >= 0.3 is 5.97 Å². The van der Waals surface area contributed by atoms with Crippen molar-refractivity contribution in [3.05, 3.63) is 29.8 Å². The van der Waals surface area contributed by atoms with Crippen molar-refractivity contribution in [3.63, 3.8) is 0 Å². The lowest BCUT2D eigenvalue weighted by atomic mass is 10.2. The Hall–Kier alpha value is -2.48. The molecule has 5 nitrogen and oxygen atoms in total. The standard InChI is InChI=1S/C10H10O4.C2H3N/c1-14-9-6-7(2-4-8(9)11)3-5-10(12)13;1-2-3/h2-6,11H,1H3,(H,12,13);1H3. The van der Waals surface area contributed by atoms with Gasteiger partial charge in [0.2, 0.25) is 0 Å². The van der Waals surface area contributed by atoms with E-state index in [4.69, 9.17) is 15.1 Å². The van der Waals surface area contributed by atoms with E-state index in [1.807, 2.05) is 0 Å². The van der Waals surface area contributed by atoms with E-state index in [-0.39, 0.29) is 5.75 Å². The Labute approximate surface area is 99.2 Å². The van der Waals surface area contributed by atoms with Gasteiger partial charge < -0.3 is 14.9 Å². The fourth-order valence-electron chi connectivity index (χ4n) is 0.965. The fraction of sp³-hybridized carbons (Fsp3) is 0.167. The third kappa shape index (κ3) is 5.85. The van der Waals surface area contributed by atoms with Crippen molar-refractivity contribution >= 4 is 12.0 Å². The van der Waals surface area contributed by atoms with Crippen LogP contribution < -0.4 is 4.74 Å². The predicted molar refractivity (Wildman–Crippen MR) is 62.6 cm³/mol. The molecular weight excluding hydrogens is 222 g/mol. The zero-order valence-corrected chi connectivity index (χ0v) is 9.54. The SMILES string of the molecule is CC#N.COc1cc(C=CC(=O)O)ccc1O. The van der Waals surface area contributed by atoms with Crippen LogP contribution >= 0.6 is 0 Å². The van der Waals surface area contributed by atoms with Gasteiger partial charge in [-0.25, -0.2) is 4.79 Å². The molecule has 0 amide bonds. The maximum absolute atomic E-state index is 10.2. The summed E-state index contributed by atoms with van der Waals surface area (Å²) in [4.78, 5) is 10.2. The molecule has 0 spiro atoms. The number of carbonyl (C=O) groups is 1. The van der Waals surface area contributed by atoms with Gasteiger partial charge in [0.25, 0.3) is 0 Å². The second kappa shape index (κ2) is 7.77. The lowest BCUT2D eigenvalue weighted by molar-refractivity contribution is -0.131. The van der Waals surface area contributed by atoms with Gasteiger partial charge in [0.15, 0.2) is 11.5 Å². The lowest BCUT2D eigenvalue weighted by Crippen LogP contribution is -1.87. The van der Waals surface area contributed by atoms with Crippen LogP contribution in [0.1, 0.15) is 12.5 Å². The molecule has 1 aromatic carbocycles. The second-order valence-corrected chi connectivity index (χ2v) is 2.83. The van der Waals surface area contributed by atoms with Crippen LogP contribution in [0.4, 0.5) is 0 Å². The van der Waals surface area contributed by atoms with Crippen LogP contribution in [0.15, 0.2) is 24.3 Å². The van der Waals surface area contributed by atoms with Crippen molar-refractivity contribution in [1.82, 2.24) is 0 Å². The van der Waals surface area contributed by atoms with Gasteiger partial charge in [-0.2, -0.15) is 5.26 Å². The minimum Gasteiger partial charge on any atom is -0.504 e. The van der Waals surface area contributed by atoms with Gasteiger partial charge in [-0.3, -0.25) is 0 Å². The number of aromatic hydroxyl groups is 1. The van der Waals surface area contributed by atoms with Gasteiger partial charge in [0.05, 0.1) is 13.2 Å². The number of carboxylic acids is 1. The number of nitrogens with zero attached hydrogens (tertiary/aromatic N) is 1. The average Bonchev–Trinajstić information content (AvgIpc) is 2.29. The Morgan fingerprint density at radius 3 is 2.59 bits per heavy atom. The molecule has 0 aliphatic carbocycles. The van der Waals surface area contributed by atoms with E-state index in [1.165, 1.54) is 26.2 Å². The highest BCUT2D eigenvalue weighted by molar-refractivity contribution is 5.85. The van der Waals surface area contributed by atoms with Gasteiger partial charge in [-0.15, -0.1) is 0 Å². The molecule has 1 rings (SSSR count). The van der Waals surface area contributed by atoms with Gasteiger partial charge in [0, 0.05) is 13.0 Å². The van der Waals surface area contributed by atoms with E-state index < -0.39 is 5.97 Å². The van der Waals surface area contributed by atoms with Crippen LogP contribution in [0, 0.1) is 11.3 Å². The molecule has 0 saturated carbocycles. The van der Waals surface area contributed by atoms with Crippen molar-refractivity contribution < 1.29 is 19.7 Å². The number of rotatable bonds is 3. The third-order valence-electron chi connectivity index (χ3n) is 1.62. The summed E-state index contributed by atoms with van der Waals surface area (Å²) in [7, 11) is 1.43. The maximum Gasteiger partial charge on any atom is 0.328 e. The quantitative estimate of drug-likeness (QED) is 0.782. The first-order chi connectivity index (χ1) is 8.04. The average molecular weight is 235 g/mol. The fourth-order valence-corrected chi connectivity index (χ4v) is 0.965. The predicted octanol–water partition coefficient (Wildman–Crippen LogP) is 2.03. The monoisotopic (exact) mass is 235 g/mol. The van der Waals surface area contributed by atoms with Gasteiger partial charge in [-0.1, -0.05) is 6.07 Å². The summed E-state index contributed by atoms with van der Waals surface area (Å²) < 4.78 is 4.86. The first-order valence-electron chi connectivity index (χ1n) is 4.64.